The second-order valence-electron chi connectivity index (χ2n) is 16.7. The Balaban J connectivity index is 0.885. The van der Waals surface area contributed by atoms with Crippen LogP contribution >= 0.6 is 0 Å². The summed E-state index contributed by atoms with van der Waals surface area (Å²) < 4.78 is 4.38. The van der Waals surface area contributed by atoms with Crippen LogP contribution in [-0.4, -0.2) is 18.8 Å². The maximum atomic E-state index is 5.11. The Kier molecular flexibility index (Phi) is 10.4. The third-order valence-electron chi connectivity index (χ3n) is 12.5. The molecule has 4 heterocycles. The molecule has 68 heavy (non-hydrogen) atoms. The molecule has 0 aliphatic rings. The predicted molar refractivity (Wildman–Crippen MR) is 280 cm³/mol. The summed E-state index contributed by atoms with van der Waals surface area (Å²) in [5.74, 6) is 0. The molecule has 0 fully saturated rings. The fraction of sp³-hybridized carbons (Fsp3) is 0. The Bertz CT molecular complexity index is 3410. The number of benzene rings is 8. The molecule has 0 spiro atoms. The highest BCUT2D eigenvalue weighted by atomic mass is 15.1. The van der Waals surface area contributed by atoms with E-state index >= 15 is 0 Å². The quantitative estimate of drug-likeness (QED) is 0.130. The zero-order valence-electron chi connectivity index (χ0n) is 37.1. The molecule has 4 aromatic heterocycles. The van der Waals surface area contributed by atoms with Gasteiger partial charge >= 0.3 is 0 Å². The number of hydrogen-bond acceptors (Lipinski definition) is 4. The first-order valence-electron chi connectivity index (χ1n) is 22.9. The largest absolute Gasteiger partial charge is 0.310 e. The monoisotopic (exact) mass is 872 g/mol. The van der Waals surface area contributed by atoms with Gasteiger partial charge in [0.25, 0.3) is 0 Å². The Labute approximate surface area is 395 Å². The van der Waals surface area contributed by atoms with Crippen LogP contribution in [0.25, 0.3) is 67.5 Å². The molecule has 0 aliphatic heterocycles. The van der Waals surface area contributed by atoms with E-state index in [1.807, 2.05) is 24.3 Å². The number of fused-ring (bicyclic) bond motifs is 2. The molecule has 12 rings (SSSR count). The number of rotatable bonds is 11. The Morgan fingerprint density at radius 3 is 0.971 bits per heavy atom. The molecule has 0 aliphatic carbocycles. The molecule has 322 valence electrons. The van der Waals surface area contributed by atoms with Gasteiger partial charge in [0, 0.05) is 68.8 Å². The van der Waals surface area contributed by atoms with Gasteiger partial charge in [0.15, 0.2) is 0 Å². The molecule has 8 aromatic carbocycles. The molecule has 0 amide bonds. The van der Waals surface area contributed by atoms with Crippen molar-refractivity contribution in [3.8, 4) is 56.2 Å². The van der Waals surface area contributed by atoms with E-state index in [9.17, 15) is 0 Å². The van der Waals surface area contributed by atoms with Gasteiger partial charge in [-0.2, -0.15) is 0 Å². The maximum absolute atomic E-state index is 5.11. The number of aromatic nitrogens is 4. The van der Waals surface area contributed by atoms with Gasteiger partial charge in [-0.3, -0.25) is 8.80 Å². The molecule has 12 aromatic rings. The average molecular weight is 873 g/mol. The molecule has 0 unspecified atom stereocenters. The number of hydrogen-bond donors (Lipinski definition) is 0. The van der Waals surface area contributed by atoms with E-state index < -0.39 is 0 Å². The summed E-state index contributed by atoms with van der Waals surface area (Å²) in [6.45, 7) is 0. The summed E-state index contributed by atoms with van der Waals surface area (Å²) >= 11 is 0. The maximum Gasteiger partial charge on any atom is 0.137 e. The standard InChI is InChI=1S/C62H44N6/c1-5-19-47(20-6-1)59-61(65-41-15-13-31-57(65)63-59)49-23-17-29-55(43-49)67(51-25-9-3-10-26-51)53-37-33-45(34-38-53)46-35-39-54(40-36-46)68(52-27-11-4-12-28-52)56-30-18-24-50(44-56)62-60(48-21-7-2-8-22-48)64-58-32-14-16-42-66(58)62/h1-44H. The zero-order valence-corrected chi connectivity index (χ0v) is 37.1. The Morgan fingerprint density at radius 1 is 0.250 bits per heavy atom. The van der Waals surface area contributed by atoms with Crippen LogP contribution in [0.1, 0.15) is 0 Å². The van der Waals surface area contributed by atoms with Gasteiger partial charge in [0.1, 0.15) is 11.3 Å². The highest BCUT2D eigenvalue weighted by molar-refractivity contribution is 5.88. The van der Waals surface area contributed by atoms with Crippen LogP contribution in [0.5, 0.6) is 0 Å². The van der Waals surface area contributed by atoms with E-state index in [2.05, 4.69) is 262 Å². The van der Waals surface area contributed by atoms with Crippen molar-refractivity contribution >= 4 is 45.4 Å². The lowest BCUT2D eigenvalue weighted by Crippen LogP contribution is -2.10. The molecule has 6 heteroatoms. The van der Waals surface area contributed by atoms with Crippen molar-refractivity contribution in [2.45, 2.75) is 0 Å². The van der Waals surface area contributed by atoms with Gasteiger partial charge in [0.05, 0.1) is 22.8 Å². The van der Waals surface area contributed by atoms with Crippen LogP contribution < -0.4 is 9.80 Å². The van der Waals surface area contributed by atoms with Crippen molar-refractivity contribution < 1.29 is 0 Å². The van der Waals surface area contributed by atoms with Crippen molar-refractivity contribution in [2.24, 2.45) is 0 Å². The molecule has 0 saturated heterocycles. The van der Waals surface area contributed by atoms with E-state index in [4.69, 9.17) is 9.97 Å². The second-order valence-corrected chi connectivity index (χ2v) is 16.7. The lowest BCUT2D eigenvalue weighted by molar-refractivity contribution is 1.19. The van der Waals surface area contributed by atoms with Crippen LogP contribution in [0.15, 0.2) is 267 Å². The van der Waals surface area contributed by atoms with E-state index in [-0.39, 0.29) is 0 Å². The van der Waals surface area contributed by atoms with Crippen LogP contribution in [0.2, 0.25) is 0 Å². The third-order valence-corrected chi connectivity index (χ3v) is 12.5. The predicted octanol–water partition coefficient (Wildman–Crippen LogP) is 16.3. The van der Waals surface area contributed by atoms with E-state index in [1.54, 1.807) is 0 Å². The molecule has 0 atom stereocenters. The average Bonchev–Trinajstić information content (AvgIpc) is 4.01. The molecule has 0 saturated carbocycles. The first kappa shape index (κ1) is 40.3. The number of nitrogens with zero attached hydrogens (tertiary/aromatic N) is 6. The minimum atomic E-state index is 0.912. The highest BCUT2D eigenvalue weighted by Crippen LogP contribution is 2.42. The topological polar surface area (TPSA) is 41.1 Å². The molecular formula is C62H44N6. The minimum Gasteiger partial charge on any atom is -0.310 e. The minimum absolute atomic E-state index is 0.912. The molecule has 0 N–H and O–H groups in total. The van der Waals surface area contributed by atoms with Crippen LogP contribution in [0.4, 0.5) is 34.1 Å². The van der Waals surface area contributed by atoms with Gasteiger partial charge in [-0.25, -0.2) is 9.97 Å². The van der Waals surface area contributed by atoms with Gasteiger partial charge in [-0.05, 0) is 108 Å². The molecular weight excluding hydrogens is 829 g/mol. The second kappa shape index (κ2) is 17.6. The summed E-state index contributed by atoms with van der Waals surface area (Å²) in [7, 11) is 0. The van der Waals surface area contributed by atoms with Gasteiger partial charge in [-0.1, -0.05) is 158 Å². The summed E-state index contributed by atoms with van der Waals surface area (Å²) in [5.41, 5.74) is 18.8. The molecule has 6 nitrogen and oxygen atoms in total. The summed E-state index contributed by atoms with van der Waals surface area (Å²) in [5, 5.41) is 0. The normalized spacial score (nSPS) is 11.2. The van der Waals surface area contributed by atoms with E-state index in [0.29, 0.717) is 0 Å². The van der Waals surface area contributed by atoms with E-state index in [0.717, 1.165) is 102 Å². The van der Waals surface area contributed by atoms with Crippen molar-refractivity contribution in [1.82, 2.24) is 18.8 Å². The number of para-hydroxylation sites is 2. The fourth-order valence-electron chi connectivity index (χ4n) is 9.38. The number of pyridine rings is 2. The van der Waals surface area contributed by atoms with Gasteiger partial charge in [0.2, 0.25) is 0 Å². The summed E-state index contributed by atoms with van der Waals surface area (Å²) in [6, 6.07) is 89.7. The lowest BCUT2D eigenvalue weighted by atomic mass is 10.0. The van der Waals surface area contributed by atoms with Crippen LogP contribution in [-0.2, 0) is 0 Å². The fourth-order valence-corrected chi connectivity index (χ4v) is 9.38. The van der Waals surface area contributed by atoms with Gasteiger partial charge in [-0.15, -0.1) is 0 Å². The number of anilines is 6. The first-order chi connectivity index (χ1) is 33.7. The Morgan fingerprint density at radius 2 is 0.574 bits per heavy atom. The lowest BCUT2D eigenvalue weighted by Gasteiger charge is -2.27. The van der Waals surface area contributed by atoms with Crippen molar-refractivity contribution in [3.05, 3.63) is 267 Å². The van der Waals surface area contributed by atoms with Gasteiger partial charge < -0.3 is 9.80 Å². The van der Waals surface area contributed by atoms with Crippen LogP contribution in [0.3, 0.4) is 0 Å². The summed E-state index contributed by atoms with van der Waals surface area (Å²) in [4.78, 5) is 14.9. The SMILES string of the molecule is c1ccc(-c2nc3ccccn3c2-c2cccc(N(c3ccccc3)c3ccc(-c4ccc(N(c5ccccc5)c5cccc(-c6c(-c7ccccc7)nc7ccccn67)c5)cc4)cc3)c2)cc1. The third kappa shape index (κ3) is 7.56. The molecule has 0 radical (unpaired) electrons. The summed E-state index contributed by atoms with van der Waals surface area (Å²) in [6.07, 6.45) is 4.19. The zero-order chi connectivity index (χ0) is 45.2. The van der Waals surface area contributed by atoms with Crippen LogP contribution in [0, 0.1) is 0 Å². The highest BCUT2D eigenvalue weighted by Gasteiger charge is 2.21. The smallest absolute Gasteiger partial charge is 0.137 e. The van der Waals surface area contributed by atoms with Crippen molar-refractivity contribution in [3.63, 3.8) is 0 Å². The first-order valence-corrected chi connectivity index (χ1v) is 22.9. The van der Waals surface area contributed by atoms with Crippen molar-refractivity contribution in [2.75, 3.05) is 9.80 Å². The molecule has 0 bridgehead atoms. The van der Waals surface area contributed by atoms with Crippen molar-refractivity contribution in [1.29, 1.82) is 0 Å². The van der Waals surface area contributed by atoms with E-state index in [1.165, 1.54) is 0 Å². The number of imidazole rings is 2. The Hall–Kier alpha value is -9.26.